The zero-order valence-corrected chi connectivity index (χ0v) is 14.9. The summed E-state index contributed by atoms with van der Waals surface area (Å²) in [6, 6.07) is 15.8. The van der Waals surface area contributed by atoms with Crippen molar-refractivity contribution in [2.75, 3.05) is 23.0 Å². The van der Waals surface area contributed by atoms with Gasteiger partial charge in [-0.1, -0.05) is 31.2 Å². The molecule has 0 saturated carbocycles. The van der Waals surface area contributed by atoms with Crippen molar-refractivity contribution < 1.29 is 14.6 Å². The van der Waals surface area contributed by atoms with Gasteiger partial charge in [-0.15, -0.1) is 11.8 Å². The summed E-state index contributed by atoms with van der Waals surface area (Å²) in [5.74, 6) is 0.647. The Hall–Kier alpha value is -2.34. The van der Waals surface area contributed by atoms with Crippen LogP contribution in [0.3, 0.4) is 0 Å². The summed E-state index contributed by atoms with van der Waals surface area (Å²) in [6.45, 7) is 2.63. The Morgan fingerprint density at radius 2 is 1.76 bits per heavy atom. The molecule has 2 aromatic rings. The van der Waals surface area contributed by atoms with Crippen molar-refractivity contribution in [3.63, 3.8) is 0 Å². The Labute approximate surface area is 151 Å². The fourth-order valence-electron chi connectivity index (χ4n) is 2.79. The molecule has 0 spiro atoms. The minimum absolute atomic E-state index is 0.0302. The largest absolute Gasteiger partial charge is 0.493 e. The highest BCUT2D eigenvalue weighted by atomic mass is 32.2. The minimum Gasteiger partial charge on any atom is -0.493 e. The van der Waals surface area contributed by atoms with Crippen molar-refractivity contribution in [2.24, 2.45) is 0 Å². The predicted molar refractivity (Wildman–Crippen MR) is 102 cm³/mol. The normalized spacial score (nSPS) is 14.3. The minimum atomic E-state index is -0.851. The number of rotatable bonds is 8. The third-order valence-electron chi connectivity index (χ3n) is 4.03. The molecule has 0 unspecified atom stereocenters. The maximum atomic E-state index is 11.3. The van der Waals surface area contributed by atoms with Gasteiger partial charge in [-0.2, -0.15) is 0 Å². The molecular weight excluding hydrogens is 336 g/mol. The smallest absolute Gasteiger partial charge is 0.308 e. The lowest BCUT2D eigenvalue weighted by atomic mass is 10.2. The van der Waals surface area contributed by atoms with Gasteiger partial charge in [-0.25, -0.2) is 0 Å². The SMILES string of the molecule is CCc1ccc(OCCSC2(CC(=O)O)Nc3ccccc3N2)cc1. The first-order valence-corrected chi connectivity index (χ1v) is 9.32. The molecule has 0 bridgehead atoms. The van der Waals surface area contributed by atoms with Crippen molar-refractivity contribution in [1.29, 1.82) is 0 Å². The van der Waals surface area contributed by atoms with E-state index in [0.29, 0.717) is 12.4 Å². The fourth-order valence-corrected chi connectivity index (χ4v) is 3.89. The van der Waals surface area contributed by atoms with Gasteiger partial charge >= 0.3 is 5.97 Å². The molecular formula is C19H22N2O3S. The van der Waals surface area contributed by atoms with Gasteiger partial charge < -0.3 is 20.5 Å². The van der Waals surface area contributed by atoms with E-state index >= 15 is 0 Å². The highest BCUT2D eigenvalue weighted by molar-refractivity contribution is 8.00. The topological polar surface area (TPSA) is 70.6 Å². The van der Waals surface area contributed by atoms with E-state index in [-0.39, 0.29) is 6.42 Å². The van der Waals surface area contributed by atoms with Crippen LogP contribution < -0.4 is 15.4 Å². The third-order valence-corrected chi connectivity index (χ3v) is 5.24. The van der Waals surface area contributed by atoms with Crippen LogP contribution in [0, 0.1) is 0 Å². The van der Waals surface area contributed by atoms with Crippen LogP contribution in [-0.2, 0) is 11.2 Å². The summed E-state index contributed by atoms with van der Waals surface area (Å²) in [6.07, 6.45) is 0.975. The molecule has 2 aromatic carbocycles. The fraction of sp³-hybridized carbons (Fsp3) is 0.316. The Morgan fingerprint density at radius 3 is 2.32 bits per heavy atom. The molecule has 25 heavy (non-hydrogen) atoms. The first-order valence-electron chi connectivity index (χ1n) is 8.33. The number of nitrogens with one attached hydrogen (secondary N) is 2. The molecule has 0 atom stereocenters. The maximum Gasteiger partial charge on any atom is 0.308 e. The average Bonchev–Trinajstić information content (AvgIpc) is 2.96. The van der Waals surface area contributed by atoms with Gasteiger partial charge in [0.05, 0.1) is 24.4 Å². The van der Waals surface area contributed by atoms with Crippen molar-refractivity contribution in [1.82, 2.24) is 0 Å². The third kappa shape index (κ3) is 4.39. The van der Waals surface area contributed by atoms with Gasteiger partial charge in [0.15, 0.2) is 4.99 Å². The van der Waals surface area contributed by atoms with Crippen LogP contribution in [0.5, 0.6) is 5.75 Å². The van der Waals surface area contributed by atoms with E-state index in [9.17, 15) is 9.90 Å². The number of hydrogen-bond acceptors (Lipinski definition) is 5. The molecule has 0 aliphatic carbocycles. The van der Waals surface area contributed by atoms with E-state index in [2.05, 4.69) is 29.7 Å². The second-order valence-corrected chi connectivity index (χ2v) is 7.28. The highest BCUT2D eigenvalue weighted by Gasteiger charge is 2.38. The quantitative estimate of drug-likeness (QED) is 0.619. The van der Waals surface area contributed by atoms with Gasteiger partial charge in [-0.3, -0.25) is 4.79 Å². The Bertz CT molecular complexity index is 709. The number of carbonyl (C=O) groups is 1. The number of aliphatic carboxylic acids is 1. The van der Waals surface area contributed by atoms with E-state index in [1.54, 1.807) is 0 Å². The Kier molecular flexibility index (Phi) is 5.38. The van der Waals surface area contributed by atoms with Crippen LogP contribution in [0.25, 0.3) is 0 Å². The summed E-state index contributed by atoms with van der Waals surface area (Å²) >= 11 is 1.52. The second-order valence-electron chi connectivity index (χ2n) is 5.89. The molecule has 132 valence electrons. The van der Waals surface area contributed by atoms with Crippen molar-refractivity contribution in [2.45, 2.75) is 24.8 Å². The molecule has 6 heteroatoms. The lowest BCUT2D eigenvalue weighted by molar-refractivity contribution is -0.137. The number of anilines is 2. The number of fused-ring (bicyclic) bond motifs is 1. The van der Waals surface area contributed by atoms with Gasteiger partial charge in [0, 0.05) is 5.75 Å². The molecule has 3 rings (SSSR count). The van der Waals surface area contributed by atoms with Crippen molar-refractivity contribution in [3.05, 3.63) is 54.1 Å². The number of thioether (sulfide) groups is 1. The van der Waals surface area contributed by atoms with Crippen LogP contribution in [0.2, 0.25) is 0 Å². The molecule has 1 aliphatic heterocycles. The molecule has 0 radical (unpaired) electrons. The molecule has 1 heterocycles. The monoisotopic (exact) mass is 358 g/mol. The van der Waals surface area contributed by atoms with Crippen LogP contribution in [0.15, 0.2) is 48.5 Å². The standard InChI is InChI=1S/C19H22N2O3S/c1-2-14-7-9-15(10-8-14)24-11-12-25-19(13-18(22)23)20-16-5-3-4-6-17(16)21-19/h3-10,20-21H,2,11-13H2,1H3,(H,22,23). The van der Waals surface area contributed by atoms with Crippen LogP contribution >= 0.6 is 11.8 Å². The van der Waals surface area contributed by atoms with Crippen LogP contribution in [0.1, 0.15) is 18.9 Å². The zero-order valence-electron chi connectivity index (χ0n) is 14.1. The molecule has 0 aromatic heterocycles. The molecule has 3 N–H and O–H groups in total. The molecule has 0 fully saturated rings. The average molecular weight is 358 g/mol. The molecule has 0 saturated heterocycles. The number of ether oxygens (including phenoxy) is 1. The predicted octanol–water partition coefficient (Wildman–Crippen LogP) is 4.03. The van der Waals surface area contributed by atoms with Gasteiger partial charge in [0.25, 0.3) is 0 Å². The summed E-state index contributed by atoms with van der Waals surface area (Å²) < 4.78 is 5.77. The van der Waals surface area contributed by atoms with Crippen LogP contribution in [-0.4, -0.2) is 28.4 Å². The highest BCUT2D eigenvalue weighted by Crippen LogP contribution is 2.41. The summed E-state index contributed by atoms with van der Waals surface area (Å²) in [4.78, 5) is 10.6. The summed E-state index contributed by atoms with van der Waals surface area (Å²) in [5.41, 5.74) is 3.12. The summed E-state index contributed by atoms with van der Waals surface area (Å²) in [7, 11) is 0. The zero-order chi connectivity index (χ0) is 17.7. The molecule has 5 nitrogen and oxygen atoms in total. The van der Waals surface area contributed by atoms with E-state index < -0.39 is 11.0 Å². The van der Waals surface area contributed by atoms with E-state index in [1.807, 2.05) is 36.4 Å². The number of benzene rings is 2. The lowest BCUT2D eigenvalue weighted by Crippen LogP contribution is -2.41. The van der Waals surface area contributed by atoms with Gasteiger partial charge in [0.2, 0.25) is 0 Å². The second kappa shape index (κ2) is 7.70. The van der Waals surface area contributed by atoms with E-state index in [0.717, 1.165) is 23.5 Å². The van der Waals surface area contributed by atoms with E-state index in [4.69, 9.17) is 4.74 Å². The number of carboxylic acid groups (broad SMARTS) is 1. The molecule has 1 aliphatic rings. The Morgan fingerprint density at radius 1 is 1.12 bits per heavy atom. The van der Waals surface area contributed by atoms with Gasteiger partial charge in [0.1, 0.15) is 5.75 Å². The molecule has 0 amide bonds. The number of hydrogen-bond donors (Lipinski definition) is 3. The van der Waals surface area contributed by atoms with Crippen molar-refractivity contribution >= 4 is 29.1 Å². The first-order chi connectivity index (χ1) is 12.1. The number of carboxylic acids is 1. The number of aryl methyl sites for hydroxylation is 1. The van der Waals surface area contributed by atoms with Gasteiger partial charge in [-0.05, 0) is 36.2 Å². The van der Waals surface area contributed by atoms with E-state index in [1.165, 1.54) is 17.3 Å². The summed E-state index contributed by atoms with van der Waals surface area (Å²) in [5, 5.41) is 15.9. The first kappa shape index (κ1) is 17.5. The van der Waals surface area contributed by atoms with Crippen LogP contribution in [0.4, 0.5) is 11.4 Å². The number of para-hydroxylation sites is 2. The Balaban J connectivity index is 1.56. The maximum absolute atomic E-state index is 11.3. The van der Waals surface area contributed by atoms with Crippen molar-refractivity contribution in [3.8, 4) is 5.75 Å². The lowest BCUT2D eigenvalue weighted by Gasteiger charge is -2.28.